The van der Waals surface area contributed by atoms with E-state index in [4.69, 9.17) is 0 Å². The zero-order valence-corrected chi connectivity index (χ0v) is 19.4. The number of imide groups is 1. The van der Waals surface area contributed by atoms with Gasteiger partial charge in [0.05, 0.1) is 17.5 Å². The maximum absolute atomic E-state index is 13.7. The minimum Gasteiger partial charge on any atom is -0.294 e. The normalized spacial score (nSPS) is 24.1. The lowest BCUT2D eigenvalue weighted by Gasteiger charge is -2.32. The van der Waals surface area contributed by atoms with Crippen molar-refractivity contribution < 1.29 is 14.4 Å². The molecule has 4 atom stereocenters. The maximum Gasteiger partial charge on any atom is 0.238 e. The van der Waals surface area contributed by atoms with E-state index in [2.05, 4.69) is 15.9 Å². The number of hydrogen-bond donors (Lipinski definition) is 0. The Labute approximate surface area is 201 Å². The molecule has 0 radical (unpaired) electrons. The Kier molecular flexibility index (Phi) is 5.81. The van der Waals surface area contributed by atoms with Gasteiger partial charge in [-0.1, -0.05) is 88.7 Å². The number of carbonyl (C=O) groups is 3. The van der Waals surface area contributed by atoms with Gasteiger partial charge in [0.15, 0.2) is 5.78 Å². The van der Waals surface area contributed by atoms with Gasteiger partial charge in [0.1, 0.15) is 0 Å². The van der Waals surface area contributed by atoms with Gasteiger partial charge in [-0.3, -0.25) is 19.3 Å². The van der Waals surface area contributed by atoms with E-state index in [-0.39, 0.29) is 35.9 Å². The standard InChI is InChI=1S/C28H22BrNO3/c29-21-12-14-22(15-13-21)30-27(32)25-20(17-24(31)19-9-5-2-6-10-19)11-16-23(26(25)28(30)33)18-7-3-1-4-8-18/h1-16,20,23,25-26H,17H2/t20-,23+,25?,26?/m1/s1. The average molecular weight is 500 g/mol. The largest absolute Gasteiger partial charge is 0.294 e. The van der Waals surface area contributed by atoms with E-state index in [0.717, 1.165) is 10.0 Å². The zero-order valence-electron chi connectivity index (χ0n) is 17.8. The number of amides is 2. The minimum atomic E-state index is -0.580. The maximum atomic E-state index is 13.7. The molecular weight excluding hydrogens is 478 g/mol. The van der Waals surface area contributed by atoms with Gasteiger partial charge in [-0.05, 0) is 35.7 Å². The van der Waals surface area contributed by atoms with Crippen molar-refractivity contribution >= 4 is 39.2 Å². The fourth-order valence-electron chi connectivity index (χ4n) is 5.03. The van der Waals surface area contributed by atoms with E-state index >= 15 is 0 Å². The molecule has 1 saturated heterocycles. The van der Waals surface area contributed by atoms with Gasteiger partial charge in [-0.2, -0.15) is 0 Å². The molecule has 4 nitrogen and oxygen atoms in total. The predicted molar refractivity (Wildman–Crippen MR) is 131 cm³/mol. The van der Waals surface area contributed by atoms with Crippen LogP contribution >= 0.6 is 15.9 Å². The van der Waals surface area contributed by atoms with Crippen molar-refractivity contribution in [1.29, 1.82) is 0 Å². The summed E-state index contributed by atoms with van der Waals surface area (Å²) in [6.07, 6.45) is 4.17. The van der Waals surface area contributed by atoms with Crippen LogP contribution in [0.25, 0.3) is 0 Å². The number of halogens is 1. The first kappa shape index (κ1) is 21.5. The monoisotopic (exact) mass is 499 g/mol. The number of anilines is 1. The minimum absolute atomic E-state index is 0.0236. The second-order valence-corrected chi connectivity index (χ2v) is 9.43. The van der Waals surface area contributed by atoms with Crippen molar-refractivity contribution in [2.75, 3.05) is 4.90 Å². The Morgan fingerprint density at radius 1 is 0.758 bits per heavy atom. The molecule has 2 aliphatic rings. The number of carbonyl (C=O) groups excluding carboxylic acids is 3. The molecule has 1 heterocycles. The molecule has 1 aliphatic heterocycles. The fourth-order valence-corrected chi connectivity index (χ4v) is 5.30. The van der Waals surface area contributed by atoms with Crippen LogP contribution in [-0.4, -0.2) is 17.6 Å². The van der Waals surface area contributed by atoms with Gasteiger partial charge < -0.3 is 0 Å². The molecule has 33 heavy (non-hydrogen) atoms. The highest BCUT2D eigenvalue weighted by Gasteiger charge is 2.55. The molecule has 5 heteroatoms. The summed E-state index contributed by atoms with van der Waals surface area (Å²) >= 11 is 3.41. The molecule has 2 unspecified atom stereocenters. The summed E-state index contributed by atoms with van der Waals surface area (Å²) in [6.45, 7) is 0. The number of hydrogen-bond acceptors (Lipinski definition) is 3. The molecule has 5 rings (SSSR count). The van der Waals surface area contributed by atoms with Crippen LogP contribution < -0.4 is 4.90 Å². The van der Waals surface area contributed by atoms with Crippen molar-refractivity contribution in [2.24, 2.45) is 17.8 Å². The lowest BCUT2D eigenvalue weighted by Crippen LogP contribution is -2.34. The molecule has 0 N–H and O–H groups in total. The second kappa shape index (κ2) is 8.91. The number of Topliss-reactive ketones (excluding diaryl/α,β-unsaturated/α-hetero) is 1. The molecular formula is C28H22BrNO3. The second-order valence-electron chi connectivity index (χ2n) is 8.52. The van der Waals surface area contributed by atoms with Gasteiger partial charge in [0.2, 0.25) is 11.8 Å². The summed E-state index contributed by atoms with van der Waals surface area (Å²) in [5.41, 5.74) is 2.17. The van der Waals surface area contributed by atoms with Crippen LogP contribution in [0.1, 0.15) is 28.3 Å². The van der Waals surface area contributed by atoms with Gasteiger partial charge in [-0.15, -0.1) is 0 Å². The number of nitrogens with zero attached hydrogens (tertiary/aromatic N) is 1. The summed E-state index contributed by atoms with van der Waals surface area (Å²) in [6, 6.07) is 26.1. The van der Waals surface area contributed by atoms with Gasteiger partial charge in [0.25, 0.3) is 0 Å². The van der Waals surface area contributed by atoms with Crippen molar-refractivity contribution in [2.45, 2.75) is 12.3 Å². The lowest BCUT2D eigenvalue weighted by molar-refractivity contribution is -0.122. The molecule has 0 aromatic heterocycles. The number of fused-ring (bicyclic) bond motifs is 1. The van der Waals surface area contributed by atoms with Crippen LogP contribution in [0.5, 0.6) is 0 Å². The van der Waals surface area contributed by atoms with Crippen LogP contribution in [0, 0.1) is 17.8 Å². The Morgan fingerprint density at radius 2 is 1.36 bits per heavy atom. The third-order valence-electron chi connectivity index (χ3n) is 6.60. The van der Waals surface area contributed by atoms with E-state index in [1.165, 1.54) is 4.90 Å². The molecule has 0 spiro atoms. The highest BCUT2D eigenvalue weighted by Crippen LogP contribution is 2.48. The van der Waals surface area contributed by atoms with E-state index in [1.807, 2.05) is 72.8 Å². The number of benzene rings is 3. The van der Waals surface area contributed by atoms with E-state index in [9.17, 15) is 14.4 Å². The Morgan fingerprint density at radius 3 is 2.03 bits per heavy atom. The lowest BCUT2D eigenvalue weighted by atomic mass is 9.68. The first-order chi connectivity index (χ1) is 16.0. The van der Waals surface area contributed by atoms with Crippen LogP contribution in [-0.2, 0) is 9.59 Å². The van der Waals surface area contributed by atoms with Crippen LogP contribution in [0.3, 0.4) is 0 Å². The van der Waals surface area contributed by atoms with E-state index < -0.39 is 11.8 Å². The predicted octanol–water partition coefficient (Wildman–Crippen LogP) is 5.80. The summed E-state index contributed by atoms with van der Waals surface area (Å²) in [5, 5.41) is 0. The average Bonchev–Trinajstić information content (AvgIpc) is 3.12. The summed E-state index contributed by atoms with van der Waals surface area (Å²) < 4.78 is 0.873. The first-order valence-electron chi connectivity index (χ1n) is 11.0. The molecule has 164 valence electrons. The number of rotatable bonds is 5. The number of ketones is 1. The van der Waals surface area contributed by atoms with Gasteiger partial charge >= 0.3 is 0 Å². The zero-order chi connectivity index (χ0) is 22.9. The quantitative estimate of drug-likeness (QED) is 0.253. The van der Waals surface area contributed by atoms with Gasteiger partial charge in [-0.25, -0.2) is 0 Å². The third kappa shape index (κ3) is 3.98. The molecule has 1 fully saturated rings. The highest BCUT2D eigenvalue weighted by atomic mass is 79.9. The van der Waals surface area contributed by atoms with Crippen molar-refractivity contribution in [3.05, 3.63) is 113 Å². The summed E-state index contributed by atoms with van der Waals surface area (Å²) in [7, 11) is 0. The highest BCUT2D eigenvalue weighted by molar-refractivity contribution is 9.10. The first-order valence-corrected chi connectivity index (χ1v) is 11.8. The number of allylic oxidation sites excluding steroid dienone is 2. The SMILES string of the molecule is O=C(C[C@H]1C=C[C@@H](c2ccccc2)C2C(=O)N(c3ccc(Br)cc3)C(=O)C21)c1ccccc1. The Balaban J connectivity index is 1.53. The molecule has 1 aliphatic carbocycles. The third-order valence-corrected chi connectivity index (χ3v) is 7.13. The van der Waals surface area contributed by atoms with Crippen LogP contribution in [0.2, 0.25) is 0 Å². The molecule has 3 aromatic rings. The summed E-state index contributed by atoms with van der Waals surface area (Å²) in [5.74, 6) is -2.13. The Bertz CT molecular complexity index is 1220. The molecule has 2 amide bonds. The Hall–Kier alpha value is -3.31. The molecule has 0 bridgehead atoms. The van der Waals surface area contributed by atoms with Crippen molar-refractivity contribution in [3.63, 3.8) is 0 Å². The molecule has 0 saturated carbocycles. The van der Waals surface area contributed by atoms with Crippen molar-refractivity contribution in [3.8, 4) is 0 Å². The summed E-state index contributed by atoms with van der Waals surface area (Å²) in [4.78, 5) is 41.7. The van der Waals surface area contributed by atoms with Gasteiger partial charge in [0, 0.05) is 22.4 Å². The topological polar surface area (TPSA) is 54.5 Å². The smallest absolute Gasteiger partial charge is 0.238 e. The van der Waals surface area contributed by atoms with Crippen LogP contribution in [0.4, 0.5) is 5.69 Å². The fraction of sp³-hybridized carbons (Fsp3) is 0.179. The molecule has 3 aromatic carbocycles. The van der Waals surface area contributed by atoms with E-state index in [0.29, 0.717) is 11.3 Å². The van der Waals surface area contributed by atoms with Crippen molar-refractivity contribution in [1.82, 2.24) is 0 Å². The van der Waals surface area contributed by atoms with Crippen LogP contribution in [0.15, 0.2) is 102 Å². The van der Waals surface area contributed by atoms with E-state index in [1.54, 1.807) is 24.3 Å².